The molecule has 1 heterocycles. The first-order chi connectivity index (χ1) is 6.42. The van der Waals surface area contributed by atoms with Gasteiger partial charge >= 0.3 is 6.36 Å². The number of hydrogen-bond acceptors (Lipinski definition) is 3. The second kappa shape index (κ2) is 4.30. The summed E-state index contributed by atoms with van der Waals surface area (Å²) < 4.78 is 39.4. The van der Waals surface area contributed by atoms with Crippen molar-refractivity contribution in [1.29, 1.82) is 0 Å². The van der Waals surface area contributed by atoms with Crippen LogP contribution in [0.4, 0.5) is 13.2 Å². The van der Waals surface area contributed by atoms with Gasteiger partial charge in [-0.3, -0.25) is 0 Å². The molecule has 0 radical (unpaired) electrons. The lowest BCUT2D eigenvalue weighted by Gasteiger charge is -2.09. The van der Waals surface area contributed by atoms with Crippen molar-refractivity contribution < 1.29 is 17.9 Å². The van der Waals surface area contributed by atoms with E-state index in [1.165, 1.54) is 12.3 Å². The van der Waals surface area contributed by atoms with E-state index in [2.05, 4.69) is 9.72 Å². The summed E-state index contributed by atoms with van der Waals surface area (Å²) >= 11 is 1.71. The van der Waals surface area contributed by atoms with Crippen LogP contribution in [0.3, 0.4) is 0 Å². The van der Waals surface area contributed by atoms with Crippen molar-refractivity contribution in [2.75, 3.05) is 0 Å². The molecule has 0 spiro atoms. The summed E-state index contributed by atoms with van der Waals surface area (Å²) in [5, 5.41) is 0. The highest BCUT2D eigenvalue weighted by Crippen LogP contribution is 2.25. The highest BCUT2D eigenvalue weighted by Gasteiger charge is 2.32. The number of halogens is 4. The van der Waals surface area contributed by atoms with Gasteiger partial charge in [-0.15, -0.1) is 13.2 Å². The quantitative estimate of drug-likeness (QED) is 0.849. The predicted molar refractivity (Wildman–Crippen MR) is 51.5 cm³/mol. The average molecular weight is 318 g/mol. The van der Waals surface area contributed by atoms with Crippen molar-refractivity contribution >= 4 is 22.6 Å². The molecular formula is C7H6F3IN2O. The fraction of sp³-hybridized carbons (Fsp3) is 0.286. The summed E-state index contributed by atoms with van der Waals surface area (Å²) in [6.07, 6.45) is -3.46. The highest BCUT2D eigenvalue weighted by molar-refractivity contribution is 14.1. The van der Waals surface area contributed by atoms with E-state index in [1.54, 1.807) is 22.6 Å². The maximum absolute atomic E-state index is 11.8. The van der Waals surface area contributed by atoms with Gasteiger partial charge in [0.25, 0.3) is 0 Å². The van der Waals surface area contributed by atoms with Gasteiger partial charge in [0.2, 0.25) is 5.88 Å². The molecular weight excluding hydrogens is 312 g/mol. The summed E-state index contributed by atoms with van der Waals surface area (Å²) in [5.41, 5.74) is 5.95. The van der Waals surface area contributed by atoms with Crippen molar-refractivity contribution in [1.82, 2.24) is 4.98 Å². The van der Waals surface area contributed by atoms with Gasteiger partial charge in [0.15, 0.2) is 0 Å². The molecule has 1 aromatic heterocycles. The molecule has 0 aliphatic carbocycles. The van der Waals surface area contributed by atoms with Crippen LogP contribution in [0.25, 0.3) is 0 Å². The summed E-state index contributed by atoms with van der Waals surface area (Å²) in [7, 11) is 0. The molecule has 0 unspecified atom stereocenters. The fourth-order valence-electron chi connectivity index (χ4n) is 0.761. The maximum Gasteiger partial charge on any atom is 0.574 e. The SMILES string of the molecule is NCc1cnc(OC(F)(F)F)c(I)c1. The minimum absolute atomic E-state index is 0.231. The lowest BCUT2D eigenvalue weighted by Crippen LogP contribution is -2.18. The van der Waals surface area contributed by atoms with Gasteiger partial charge in [0.05, 0.1) is 3.57 Å². The van der Waals surface area contributed by atoms with Crippen LogP contribution in [0.5, 0.6) is 5.88 Å². The van der Waals surface area contributed by atoms with Crippen LogP contribution in [-0.4, -0.2) is 11.3 Å². The van der Waals surface area contributed by atoms with Crippen molar-refractivity contribution in [3.63, 3.8) is 0 Å². The number of nitrogens with zero attached hydrogens (tertiary/aromatic N) is 1. The predicted octanol–water partition coefficient (Wildman–Crippen LogP) is 2.04. The molecule has 0 saturated heterocycles. The molecule has 0 bridgehead atoms. The summed E-state index contributed by atoms with van der Waals surface area (Å²) in [4.78, 5) is 3.50. The number of ether oxygens (including phenoxy) is 1. The number of pyridine rings is 1. The Balaban J connectivity index is 2.89. The lowest BCUT2D eigenvalue weighted by atomic mass is 10.3. The molecule has 0 aromatic carbocycles. The molecule has 14 heavy (non-hydrogen) atoms. The molecule has 7 heteroatoms. The minimum atomic E-state index is -4.71. The van der Waals surface area contributed by atoms with E-state index >= 15 is 0 Å². The molecule has 0 aliphatic heterocycles. The Hall–Kier alpha value is -0.570. The first-order valence-electron chi connectivity index (χ1n) is 3.52. The van der Waals surface area contributed by atoms with Crippen molar-refractivity contribution in [3.8, 4) is 5.88 Å². The van der Waals surface area contributed by atoms with Crippen LogP contribution >= 0.6 is 22.6 Å². The smallest absolute Gasteiger partial charge is 0.387 e. The number of aromatic nitrogens is 1. The second-order valence-electron chi connectivity index (χ2n) is 2.38. The van der Waals surface area contributed by atoms with Crippen LogP contribution in [0.15, 0.2) is 12.3 Å². The Morgan fingerprint density at radius 2 is 2.14 bits per heavy atom. The molecule has 2 N–H and O–H groups in total. The van der Waals surface area contributed by atoms with Gasteiger partial charge in [-0.05, 0) is 34.2 Å². The Morgan fingerprint density at radius 1 is 1.50 bits per heavy atom. The number of rotatable bonds is 2. The van der Waals surface area contributed by atoms with E-state index in [4.69, 9.17) is 5.73 Å². The van der Waals surface area contributed by atoms with Crippen LogP contribution in [0, 0.1) is 3.57 Å². The largest absolute Gasteiger partial charge is 0.574 e. The van der Waals surface area contributed by atoms with Gasteiger partial charge in [-0.25, -0.2) is 4.98 Å². The zero-order valence-electron chi connectivity index (χ0n) is 6.81. The first-order valence-corrected chi connectivity index (χ1v) is 4.60. The van der Waals surface area contributed by atoms with E-state index in [1.807, 2.05) is 0 Å². The lowest BCUT2D eigenvalue weighted by molar-refractivity contribution is -0.276. The molecule has 0 aliphatic rings. The van der Waals surface area contributed by atoms with Crippen LogP contribution in [0.1, 0.15) is 5.56 Å². The van der Waals surface area contributed by atoms with Crippen LogP contribution in [0.2, 0.25) is 0 Å². The van der Waals surface area contributed by atoms with Gasteiger partial charge in [-0.2, -0.15) is 0 Å². The third-order valence-electron chi connectivity index (χ3n) is 1.31. The van der Waals surface area contributed by atoms with Gasteiger partial charge in [0, 0.05) is 12.7 Å². The summed E-state index contributed by atoms with van der Waals surface area (Å²) in [5.74, 6) is -0.449. The van der Waals surface area contributed by atoms with E-state index in [9.17, 15) is 13.2 Å². The van der Waals surface area contributed by atoms with Crippen molar-refractivity contribution in [3.05, 3.63) is 21.4 Å². The molecule has 0 fully saturated rings. The molecule has 0 amide bonds. The normalized spacial score (nSPS) is 11.5. The number of alkyl halides is 3. The zero-order valence-corrected chi connectivity index (χ0v) is 8.96. The Morgan fingerprint density at radius 3 is 2.57 bits per heavy atom. The van der Waals surface area contributed by atoms with E-state index in [0.717, 1.165) is 0 Å². The Labute approximate surface area is 91.6 Å². The Bertz CT molecular complexity index is 329. The first kappa shape index (κ1) is 11.5. The second-order valence-corrected chi connectivity index (χ2v) is 3.54. The maximum atomic E-state index is 11.8. The molecule has 78 valence electrons. The highest BCUT2D eigenvalue weighted by atomic mass is 127. The van der Waals surface area contributed by atoms with Gasteiger partial charge < -0.3 is 10.5 Å². The number of hydrogen-bond donors (Lipinski definition) is 1. The molecule has 0 saturated carbocycles. The fourth-order valence-corrected chi connectivity index (χ4v) is 1.41. The van der Waals surface area contributed by atoms with Gasteiger partial charge in [-0.1, -0.05) is 0 Å². The average Bonchev–Trinajstić information content (AvgIpc) is 2.06. The van der Waals surface area contributed by atoms with E-state index in [-0.39, 0.29) is 10.1 Å². The molecule has 1 rings (SSSR count). The van der Waals surface area contributed by atoms with Crippen LogP contribution < -0.4 is 10.5 Å². The van der Waals surface area contributed by atoms with Crippen LogP contribution in [-0.2, 0) is 6.54 Å². The topological polar surface area (TPSA) is 48.1 Å². The third kappa shape index (κ3) is 3.29. The van der Waals surface area contributed by atoms with Crippen molar-refractivity contribution in [2.24, 2.45) is 5.73 Å². The molecule has 3 nitrogen and oxygen atoms in total. The Kier molecular flexibility index (Phi) is 3.53. The van der Waals surface area contributed by atoms with Crippen molar-refractivity contribution in [2.45, 2.75) is 12.9 Å². The number of nitrogens with two attached hydrogens (primary N) is 1. The molecule has 0 atom stereocenters. The van der Waals surface area contributed by atoms with Gasteiger partial charge in [0.1, 0.15) is 0 Å². The third-order valence-corrected chi connectivity index (χ3v) is 2.08. The van der Waals surface area contributed by atoms with E-state index < -0.39 is 12.2 Å². The summed E-state index contributed by atoms with van der Waals surface area (Å²) in [6, 6.07) is 1.49. The zero-order chi connectivity index (χ0) is 10.8. The summed E-state index contributed by atoms with van der Waals surface area (Å²) in [6.45, 7) is 0.231. The van der Waals surface area contributed by atoms with E-state index in [0.29, 0.717) is 5.56 Å². The molecule has 1 aromatic rings. The standard InChI is InChI=1S/C7H6F3IN2O/c8-7(9,10)14-6-5(11)1-4(2-12)3-13-6/h1,3H,2,12H2. The minimum Gasteiger partial charge on any atom is -0.387 e. The monoisotopic (exact) mass is 318 g/mol.